The van der Waals surface area contributed by atoms with E-state index in [1.54, 1.807) is 11.9 Å². The largest absolute Gasteiger partial charge is 0.673 e. The fourth-order valence-electron chi connectivity index (χ4n) is 1.36. The van der Waals surface area contributed by atoms with E-state index in [1.807, 2.05) is 38.4 Å². The zero-order chi connectivity index (χ0) is 16.0. The van der Waals surface area contributed by atoms with Crippen LogP contribution in [0.25, 0.3) is 11.0 Å². The molecule has 1 aromatic carbocycles. The normalized spacial score (nSPS) is 11.9. The van der Waals surface area contributed by atoms with Crippen molar-refractivity contribution in [3.05, 3.63) is 24.3 Å². The number of hydrogen-bond acceptors (Lipinski definition) is 3. The van der Waals surface area contributed by atoms with Gasteiger partial charge in [0, 0.05) is 31.1 Å². The van der Waals surface area contributed by atoms with Crippen molar-refractivity contribution in [2.75, 3.05) is 21.1 Å². The zero-order valence-corrected chi connectivity index (χ0v) is 11.6. The lowest BCUT2D eigenvalue weighted by Gasteiger charge is -2.10. The van der Waals surface area contributed by atoms with Crippen molar-refractivity contribution >= 4 is 24.3 Å². The highest BCUT2D eigenvalue weighted by atomic mass is 19.5. The Morgan fingerprint density at radius 2 is 1.86 bits per heavy atom. The van der Waals surface area contributed by atoms with Crippen LogP contribution in [-0.4, -0.2) is 49.6 Å². The highest BCUT2D eigenvalue weighted by molar-refractivity contribution is 6.50. The topological polar surface area (TPSA) is 57.4 Å². The fraction of sp³-hybridized carbons (Fsp3) is 0.300. The molecule has 0 aliphatic rings. The van der Waals surface area contributed by atoms with E-state index in [-0.39, 0.29) is 0 Å². The average molecular weight is 307 g/mol. The lowest BCUT2D eigenvalue weighted by molar-refractivity contribution is -0.893. The summed E-state index contributed by atoms with van der Waals surface area (Å²) in [5.41, 5.74) is 1.71. The zero-order valence-electron chi connectivity index (χ0n) is 11.6. The molecule has 11 heteroatoms. The molecule has 0 bridgehead atoms. The van der Waals surface area contributed by atoms with E-state index < -0.39 is 7.25 Å². The van der Waals surface area contributed by atoms with Crippen LogP contribution in [0.4, 0.5) is 17.3 Å². The second-order valence-electron chi connectivity index (χ2n) is 3.98. The molecular weight excluding hydrogens is 293 g/mol. The molecule has 2 rings (SSSR count). The molecular formula is C10H14BF4N5O. The van der Waals surface area contributed by atoms with Gasteiger partial charge in [0.2, 0.25) is 5.52 Å². The van der Waals surface area contributed by atoms with E-state index in [2.05, 4.69) is 15.3 Å². The summed E-state index contributed by atoms with van der Waals surface area (Å²) < 4.78 is 39.0. The summed E-state index contributed by atoms with van der Waals surface area (Å²) in [4.78, 5) is 12.8. The Morgan fingerprint density at radius 3 is 2.38 bits per heavy atom. The number of nitrogens with zero attached hydrogens (tertiary/aromatic N) is 4. The van der Waals surface area contributed by atoms with Crippen LogP contribution in [0.5, 0.6) is 0 Å². The van der Waals surface area contributed by atoms with Crippen LogP contribution in [0.2, 0.25) is 0 Å². The summed E-state index contributed by atoms with van der Waals surface area (Å²) >= 11 is 0. The van der Waals surface area contributed by atoms with Crippen molar-refractivity contribution in [1.82, 2.24) is 15.2 Å². The van der Waals surface area contributed by atoms with Gasteiger partial charge in [-0.25, -0.2) is 9.83 Å². The second kappa shape index (κ2) is 6.91. The van der Waals surface area contributed by atoms with Gasteiger partial charge in [0.15, 0.2) is 0 Å². The van der Waals surface area contributed by atoms with E-state index in [0.717, 1.165) is 11.0 Å². The van der Waals surface area contributed by atoms with E-state index in [0.29, 0.717) is 6.02 Å². The van der Waals surface area contributed by atoms with Gasteiger partial charge in [-0.1, -0.05) is 12.1 Å². The van der Waals surface area contributed by atoms with Crippen molar-refractivity contribution in [2.24, 2.45) is 4.99 Å². The number of nitrogens with one attached hydrogen (secondary N) is 1. The first-order chi connectivity index (χ1) is 9.72. The summed E-state index contributed by atoms with van der Waals surface area (Å²) in [7, 11) is -0.600. The number of aliphatic imine (C=N–C) groups is 1. The van der Waals surface area contributed by atoms with Gasteiger partial charge in [-0.05, 0) is 17.3 Å². The first-order valence-electron chi connectivity index (χ1n) is 5.77. The predicted molar refractivity (Wildman–Crippen MR) is 70.1 cm³/mol. The van der Waals surface area contributed by atoms with E-state index in [4.69, 9.17) is 4.84 Å². The number of H-pyrrole nitrogens is 1. The number of hydrogen-bond donors (Lipinski definition) is 1. The van der Waals surface area contributed by atoms with E-state index in [9.17, 15) is 17.3 Å². The van der Waals surface area contributed by atoms with Crippen molar-refractivity contribution in [3.63, 3.8) is 0 Å². The third-order valence-corrected chi connectivity index (χ3v) is 2.11. The maximum absolute atomic E-state index is 9.75. The minimum Gasteiger partial charge on any atom is -0.418 e. The number of benzene rings is 1. The molecule has 0 aliphatic heterocycles. The standard InChI is InChI=1S/C10H13N5O.BF4/c1-11-10(14(2)3)16-15-9-7-5-4-6-8(9)12-13-15;2-1(3,4)5/h4-7H,1-3H3;/q;-1/p+1. The quantitative estimate of drug-likeness (QED) is 0.282. The van der Waals surface area contributed by atoms with E-state index in [1.165, 1.54) is 4.85 Å². The van der Waals surface area contributed by atoms with Crippen LogP contribution >= 0.6 is 0 Å². The average Bonchev–Trinajstić information content (AvgIpc) is 2.77. The Morgan fingerprint density at radius 1 is 1.29 bits per heavy atom. The highest BCUT2D eigenvalue weighted by Gasteiger charge is 2.20. The summed E-state index contributed by atoms with van der Waals surface area (Å²) in [6.45, 7) is 0. The molecule has 0 atom stereocenters. The number of amidine groups is 1. The molecule has 0 saturated carbocycles. The van der Waals surface area contributed by atoms with Crippen molar-refractivity contribution in [2.45, 2.75) is 0 Å². The minimum absolute atomic E-state index is 0.499. The second-order valence-corrected chi connectivity index (χ2v) is 3.98. The maximum Gasteiger partial charge on any atom is 0.673 e. The van der Waals surface area contributed by atoms with Crippen LogP contribution in [-0.2, 0) is 0 Å². The van der Waals surface area contributed by atoms with Gasteiger partial charge >= 0.3 is 13.3 Å². The summed E-state index contributed by atoms with van der Waals surface area (Å²) in [6, 6.07) is 8.18. The molecule has 1 aromatic heterocycles. The third-order valence-electron chi connectivity index (χ3n) is 2.11. The number of aromatic nitrogens is 3. The van der Waals surface area contributed by atoms with Crippen molar-refractivity contribution in [1.29, 1.82) is 0 Å². The van der Waals surface area contributed by atoms with Gasteiger partial charge in [-0.3, -0.25) is 0 Å². The SMILES string of the molecule is CN=C(O[n+]1[nH]nc2ccccc21)N(C)C.F[B-](F)(F)F. The Kier molecular flexibility index (Phi) is 5.50. The Bertz CT molecular complexity index is 607. The molecule has 6 nitrogen and oxygen atoms in total. The number of fused-ring (bicyclic) bond motifs is 1. The monoisotopic (exact) mass is 307 g/mol. The molecule has 0 fully saturated rings. The minimum atomic E-state index is -6.00. The first kappa shape index (κ1) is 16.7. The molecule has 0 unspecified atom stereocenters. The van der Waals surface area contributed by atoms with Crippen LogP contribution in [0, 0.1) is 0 Å². The first-order valence-corrected chi connectivity index (χ1v) is 5.77. The van der Waals surface area contributed by atoms with Gasteiger partial charge in [-0.15, -0.1) is 0 Å². The smallest absolute Gasteiger partial charge is 0.418 e. The number of rotatable bonds is 1. The third kappa shape index (κ3) is 5.67. The maximum atomic E-state index is 9.75. The molecule has 1 N–H and O–H groups in total. The summed E-state index contributed by atoms with van der Waals surface area (Å²) in [5.74, 6) is 0. The molecule has 0 spiro atoms. The van der Waals surface area contributed by atoms with Crippen LogP contribution in [0.1, 0.15) is 0 Å². The molecule has 0 aliphatic carbocycles. The Labute approximate surface area is 118 Å². The molecule has 21 heavy (non-hydrogen) atoms. The molecule has 116 valence electrons. The Balaban J connectivity index is 0.000000383. The van der Waals surface area contributed by atoms with Gasteiger partial charge < -0.3 is 22.2 Å². The lowest BCUT2D eigenvalue weighted by atomic mass is 10.3. The van der Waals surface area contributed by atoms with Crippen molar-refractivity contribution in [3.8, 4) is 0 Å². The summed E-state index contributed by atoms with van der Waals surface area (Å²) in [5, 5.41) is 6.88. The van der Waals surface area contributed by atoms with Gasteiger partial charge in [0.1, 0.15) is 0 Å². The molecule has 1 heterocycles. The van der Waals surface area contributed by atoms with Gasteiger partial charge in [-0.2, -0.15) is 0 Å². The molecule has 2 aromatic rings. The molecule has 0 saturated heterocycles. The molecule has 0 radical (unpaired) electrons. The summed E-state index contributed by atoms with van der Waals surface area (Å²) in [6.07, 6.45) is 0. The highest BCUT2D eigenvalue weighted by Crippen LogP contribution is 2.06. The van der Waals surface area contributed by atoms with E-state index >= 15 is 0 Å². The number of para-hydroxylation sites is 2. The van der Waals surface area contributed by atoms with Gasteiger partial charge in [0.25, 0.3) is 5.52 Å². The fourth-order valence-corrected chi connectivity index (χ4v) is 1.36. The number of halogens is 4. The van der Waals surface area contributed by atoms with Gasteiger partial charge in [0.05, 0.1) is 0 Å². The lowest BCUT2D eigenvalue weighted by Crippen LogP contribution is -2.51. The Hall–Kier alpha value is -2.33. The van der Waals surface area contributed by atoms with Crippen LogP contribution in [0.15, 0.2) is 29.3 Å². The van der Waals surface area contributed by atoms with Crippen LogP contribution < -0.4 is 9.68 Å². The number of aromatic amines is 1. The predicted octanol–water partition coefficient (Wildman–Crippen LogP) is 1.13. The molecule has 0 amide bonds. The van der Waals surface area contributed by atoms with Crippen molar-refractivity contribution < 1.29 is 26.9 Å². The van der Waals surface area contributed by atoms with Crippen LogP contribution in [0.3, 0.4) is 0 Å².